The molecule has 0 bridgehead atoms. The van der Waals surface area contributed by atoms with Gasteiger partial charge in [-0.15, -0.1) is 0 Å². The molecule has 2 aliphatic rings. The lowest BCUT2D eigenvalue weighted by molar-refractivity contribution is -0.128. The van der Waals surface area contributed by atoms with Crippen LogP contribution < -0.4 is 10.6 Å². The van der Waals surface area contributed by atoms with Crippen LogP contribution in [-0.4, -0.2) is 36.8 Å². The van der Waals surface area contributed by atoms with Crippen molar-refractivity contribution < 1.29 is 9.90 Å². The Morgan fingerprint density at radius 1 is 1.41 bits per heavy atom. The highest BCUT2D eigenvalue weighted by Crippen LogP contribution is 2.25. The number of nitrogens with one attached hydrogen (secondary N) is 2. The second-order valence-corrected chi connectivity index (χ2v) is 5.55. The minimum atomic E-state index is 0.0949. The average molecular weight is 240 g/mol. The van der Waals surface area contributed by atoms with Crippen LogP contribution >= 0.6 is 0 Å². The van der Waals surface area contributed by atoms with Gasteiger partial charge < -0.3 is 15.7 Å². The van der Waals surface area contributed by atoms with E-state index < -0.39 is 0 Å². The van der Waals surface area contributed by atoms with Crippen molar-refractivity contribution in [3.8, 4) is 0 Å². The van der Waals surface area contributed by atoms with Gasteiger partial charge in [0, 0.05) is 24.5 Å². The van der Waals surface area contributed by atoms with E-state index in [1.807, 2.05) is 6.92 Å². The Morgan fingerprint density at radius 3 is 2.71 bits per heavy atom. The highest BCUT2D eigenvalue weighted by Gasteiger charge is 2.32. The molecule has 0 radical (unpaired) electrons. The lowest BCUT2D eigenvalue weighted by atomic mass is 9.83. The van der Waals surface area contributed by atoms with E-state index in [0.29, 0.717) is 5.92 Å². The zero-order valence-electron chi connectivity index (χ0n) is 10.6. The quantitative estimate of drug-likeness (QED) is 0.671. The highest BCUT2D eigenvalue weighted by atomic mass is 16.3. The van der Waals surface area contributed by atoms with Crippen molar-refractivity contribution in [2.75, 3.05) is 19.7 Å². The Bertz CT molecular complexity index is 266. The molecule has 0 aromatic heterocycles. The van der Waals surface area contributed by atoms with Crippen molar-refractivity contribution in [3.63, 3.8) is 0 Å². The van der Waals surface area contributed by atoms with Crippen LogP contribution in [0, 0.1) is 17.8 Å². The van der Waals surface area contributed by atoms with Crippen molar-refractivity contribution in [2.45, 2.75) is 38.6 Å². The van der Waals surface area contributed by atoms with Crippen LogP contribution in [0.4, 0.5) is 0 Å². The monoisotopic (exact) mass is 240 g/mol. The minimum Gasteiger partial charge on any atom is -0.396 e. The second kappa shape index (κ2) is 5.83. The van der Waals surface area contributed by atoms with E-state index in [1.54, 1.807) is 0 Å². The Hall–Kier alpha value is -0.610. The third kappa shape index (κ3) is 2.99. The van der Waals surface area contributed by atoms with Gasteiger partial charge in [-0.25, -0.2) is 0 Å². The smallest absolute Gasteiger partial charge is 0.223 e. The lowest BCUT2D eigenvalue weighted by Crippen LogP contribution is -2.52. The highest BCUT2D eigenvalue weighted by molar-refractivity contribution is 5.79. The fourth-order valence-electron chi connectivity index (χ4n) is 2.81. The maximum absolute atomic E-state index is 12.1. The molecule has 98 valence electrons. The Kier molecular flexibility index (Phi) is 4.40. The molecule has 4 heteroatoms. The van der Waals surface area contributed by atoms with Gasteiger partial charge in [0.1, 0.15) is 0 Å². The van der Waals surface area contributed by atoms with Crippen LogP contribution in [-0.2, 0) is 4.79 Å². The minimum absolute atomic E-state index is 0.0949. The van der Waals surface area contributed by atoms with Crippen LogP contribution in [0.25, 0.3) is 0 Å². The number of hydrogen-bond donors (Lipinski definition) is 3. The van der Waals surface area contributed by atoms with Crippen molar-refractivity contribution >= 4 is 5.91 Å². The van der Waals surface area contributed by atoms with E-state index in [-0.39, 0.29) is 30.4 Å². The van der Waals surface area contributed by atoms with Gasteiger partial charge in [0.2, 0.25) is 5.91 Å². The van der Waals surface area contributed by atoms with E-state index in [2.05, 4.69) is 10.6 Å². The predicted octanol–water partition coefficient (Wildman–Crippen LogP) is 0.509. The molecule has 0 aromatic carbocycles. The van der Waals surface area contributed by atoms with Crippen molar-refractivity contribution in [1.82, 2.24) is 10.6 Å². The molecule has 3 unspecified atom stereocenters. The SMILES string of the molecule is CC(C(=O)NC1CCCCC1CO)C1CNC1. The van der Waals surface area contributed by atoms with Crippen LogP contribution in [0.3, 0.4) is 0 Å². The third-order valence-electron chi connectivity index (χ3n) is 4.40. The summed E-state index contributed by atoms with van der Waals surface area (Å²) in [5.41, 5.74) is 0. The van der Waals surface area contributed by atoms with Crippen molar-refractivity contribution in [3.05, 3.63) is 0 Å². The summed E-state index contributed by atoms with van der Waals surface area (Å²) in [7, 11) is 0. The third-order valence-corrected chi connectivity index (χ3v) is 4.40. The molecule has 1 aliphatic heterocycles. The Labute approximate surface area is 103 Å². The van der Waals surface area contributed by atoms with Crippen LogP contribution in [0.5, 0.6) is 0 Å². The van der Waals surface area contributed by atoms with Gasteiger partial charge in [0.05, 0.1) is 0 Å². The van der Waals surface area contributed by atoms with E-state index in [1.165, 1.54) is 12.8 Å². The van der Waals surface area contributed by atoms with Gasteiger partial charge in [-0.3, -0.25) is 4.79 Å². The molecule has 1 saturated carbocycles. The summed E-state index contributed by atoms with van der Waals surface area (Å²) in [6.07, 6.45) is 4.41. The summed E-state index contributed by atoms with van der Waals surface area (Å²) in [5, 5.41) is 15.7. The van der Waals surface area contributed by atoms with E-state index >= 15 is 0 Å². The van der Waals surface area contributed by atoms with Crippen molar-refractivity contribution in [2.24, 2.45) is 17.8 Å². The first-order valence-corrected chi connectivity index (χ1v) is 6.84. The molecule has 3 atom stereocenters. The number of carbonyl (C=O) groups excluding carboxylic acids is 1. The van der Waals surface area contributed by atoms with Gasteiger partial charge in [-0.1, -0.05) is 19.8 Å². The average Bonchev–Trinajstić information content (AvgIpc) is 2.27. The fourth-order valence-corrected chi connectivity index (χ4v) is 2.81. The molecule has 2 fully saturated rings. The number of rotatable bonds is 4. The second-order valence-electron chi connectivity index (χ2n) is 5.55. The molecule has 17 heavy (non-hydrogen) atoms. The number of aliphatic hydroxyl groups is 1. The van der Waals surface area contributed by atoms with E-state index in [9.17, 15) is 9.90 Å². The van der Waals surface area contributed by atoms with E-state index in [4.69, 9.17) is 0 Å². The molecule has 1 amide bonds. The first kappa shape index (κ1) is 12.8. The van der Waals surface area contributed by atoms with Gasteiger partial charge in [0.25, 0.3) is 0 Å². The Balaban J connectivity index is 1.83. The molecular weight excluding hydrogens is 216 g/mol. The Morgan fingerprint density at radius 2 is 2.12 bits per heavy atom. The van der Waals surface area contributed by atoms with Gasteiger partial charge in [0.15, 0.2) is 0 Å². The molecule has 0 aromatic rings. The first-order valence-electron chi connectivity index (χ1n) is 6.84. The van der Waals surface area contributed by atoms with Gasteiger partial charge in [-0.2, -0.15) is 0 Å². The summed E-state index contributed by atoms with van der Waals surface area (Å²) in [4.78, 5) is 12.1. The van der Waals surface area contributed by atoms with Crippen LogP contribution in [0.15, 0.2) is 0 Å². The topological polar surface area (TPSA) is 61.4 Å². The molecule has 3 N–H and O–H groups in total. The standard InChI is InChI=1S/C13H24N2O2/c1-9(11-6-14-7-11)13(17)15-12-5-3-2-4-10(12)8-16/h9-12,14,16H,2-8H2,1H3,(H,15,17). The van der Waals surface area contributed by atoms with Crippen LogP contribution in [0.1, 0.15) is 32.6 Å². The summed E-state index contributed by atoms with van der Waals surface area (Å²) in [6, 6.07) is 0.191. The van der Waals surface area contributed by atoms with Gasteiger partial charge in [-0.05, 0) is 31.8 Å². The molecule has 0 spiro atoms. The molecule has 4 nitrogen and oxygen atoms in total. The number of aliphatic hydroxyl groups excluding tert-OH is 1. The number of hydrogen-bond acceptors (Lipinski definition) is 3. The molecule has 2 rings (SSSR count). The zero-order chi connectivity index (χ0) is 12.3. The first-order chi connectivity index (χ1) is 8.22. The number of carbonyl (C=O) groups is 1. The van der Waals surface area contributed by atoms with Crippen LogP contribution in [0.2, 0.25) is 0 Å². The molecule has 1 aliphatic carbocycles. The van der Waals surface area contributed by atoms with Gasteiger partial charge >= 0.3 is 0 Å². The largest absolute Gasteiger partial charge is 0.396 e. The zero-order valence-corrected chi connectivity index (χ0v) is 10.6. The summed E-state index contributed by atoms with van der Waals surface area (Å²) < 4.78 is 0. The normalized spacial score (nSPS) is 31.6. The number of amides is 1. The van der Waals surface area contributed by atoms with Crippen molar-refractivity contribution in [1.29, 1.82) is 0 Å². The maximum Gasteiger partial charge on any atom is 0.223 e. The molecule has 1 saturated heterocycles. The fraction of sp³-hybridized carbons (Fsp3) is 0.923. The summed E-state index contributed by atoms with van der Waals surface area (Å²) in [5.74, 6) is 1.02. The molecule has 1 heterocycles. The van der Waals surface area contributed by atoms with E-state index in [0.717, 1.165) is 25.9 Å². The molecular formula is C13H24N2O2. The maximum atomic E-state index is 12.1. The summed E-state index contributed by atoms with van der Waals surface area (Å²) in [6.45, 7) is 4.13. The summed E-state index contributed by atoms with van der Waals surface area (Å²) >= 11 is 0. The predicted molar refractivity (Wildman–Crippen MR) is 66.5 cm³/mol. The lowest BCUT2D eigenvalue weighted by Gasteiger charge is -2.35.